The van der Waals surface area contributed by atoms with Crippen molar-refractivity contribution < 1.29 is 22.2 Å². The van der Waals surface area contributed by atoms with Gasteiger partial charge >= 0.3 is 6.18 Å². The highest BCUT2D eigenvalue weighted by Crippen LogP contribution is 2.31. The summed E-state index contributed by atoms with van der Waals surface area (Å²) in [5.41, 5.74) is -0.682. The Morgan fingerprint density at radius 2 is 1.88 bits per heavy atom. The third kappa shape index (κ3) is 5.06. The van der Waals surface area contributed by atoms with E-state index in [1.807, 2.05) is 0 Å². The van der Waals surface area contributed by atoms with Crippen LogP contribution >= 0.6 is 11.6 Å². The van der Waals surface area contributed by atoms with Crippen LogP contribution in [0.2, 0.25) is 5.02 Å². The number of benzene rings is 2. The molecule has 8 heteroatoms. The summed E-state index contributed by atoms with van der Waals surface area (Å²) in [7, 11) is -1.16. The molecule has 2 rings (SSSR count). The number of hydrogen-bond acceptors (Lipinski definition) is 2. The van der Waals surface area contributed by atoms with Crippen molar-refractivity contribution in [1.82, 2.24) is 5.32 Å². The number of amides is 1. The maximum Gasteiger partial charge on any atom is 0.417 e. The zero-order valence-electron chi connectivity index (χ0n) is 13.2. The summed E-state index contributed by atoms with van der Waals surface area (Å²) < 4.78 is 50.2. The molecule has 3 nitrogen and oxygen atoms in total. The van der Waals surface area contributed by atoms with Gasteiger partial charge in [0.1, 0.15) is 0 Å². The van der Waals surface area contributed by atoms with Gasteiger partial charge in [-0.25, -0.2) is 0 Å². The quantitative estimate of drug-likeness (QED) is 0.838. The van der Waals surface area contributed by atoms with E-state index in [1.165, 1.54) is 18.4 Å². The molecule has 0 saturated carbocycles. The third-order valence-corrected chi connectivity index (χ3v) is 4.78. The Kier molecular flexibility index (Phi) is 6.24. The van der Waals surface area contributed by atoms with Crippen LogP contribution < -0.4 is 5.32 Å². The minimum atomic E-state index is -4.59. The fourth-order valence-electron chi connectivity index (χ4n) is 2.24. The standard InChI is InChI=1S/C17H15ClF3NO2S/c1-25(24)12-7-6-11(15(18)10-12)8-9-22-16(23)13-4-2-3-5-14(13)17(19,20)21/h2-7,10H,8-9H2,1H3,(H,22,23). The lowest BCUT2D eigenvalue weighted by atomic mass is 10.1. The summed E-state index contributed by atoms with van der Waals surface area (Å²) in [5, 5.41) is 2.87. The van der Waals surface area contributed by atoms with Gasteiger partial charge < -0.3 is 5.32 Å². The smallest absolute Gasteiger partial charge is 0.352 e. The highest BCUT2D eigenvalue weighted by molar-refractivity contribution is 7.84. The fourth-order valence-corrected chi connectivity index (χ4v) is 3.13. The molecule has 0 aliphatic heterocycles. The number of halogens is 4. The molecule has 0 fully saturated rings. The van der Waals surface area contributed by atoms with E-state index in [0.717, 1.165) is 12.1 Å². The Bertz CT molecular complexity index is 809. The van der Waals surface area contributed by atoms with Crippen LogP contribution in [0.3, 0.4) is 0 Å². The lowest BCUT2D eigenvalue weighted by Gasteiger charge is -2.13. The molecule has 1 N–H and O–H groups in total. The normalized spacial score (nSPS) is 12.7. The van der Waals surface area contributed by atoms with Crippen molar-refractivity contribution in [3.05, 3.63) is 64.2 Å². The number of carbonyl (C=O) groups is 1. The number of hydrogen-bond donors (Lipinski definition) is 1. The van der Waals surface area contributed by atoms with E-state index in [0.29, 0.717) is 21.9 Å². The predicted molar refractivity (Wildman–Crippen MR) is 91.3 cm³/mol. The van der Waals surface area contributed by atoms with Crippen LogP contribution in [0, 0.1) is 0 Å². The van der Waals surface area contributed by atoms with Crippen LogP contribution in [-0.4, -0.2) is 22.9 Å². The first-order valence-electron chi connectivity index (χ1n) is 7.26. The van der Waals surface area contributed by atoms with Crippen molar-refractivity contribution in [3.63, 3.8) is 0 Å². The number of rotatable bonds is 5. The molecule has 1 unspecified atom stereocenters. The monoisotopic (exact) mass is 389 g/mol. The van der Waals surface area contributed by atoms with Crippen molar-refractivity contribution in [3.8, 4) is 0 Å². The van der Waals surface area contributed by atoms with Crippen LogP contribution in [0.4, 0.5) is 13.2 Å². The summed E-state index contributed by atoms with van der Waals surface area (Å²) in [5.74, 6) is -0.796. The van der Waals surface area contributed by atoms with Gasteiger partial charge in [-0.1, -0.05) is 29.8 Å². The van der Waals surface area contributed by atoms with Crippen molar-refractivity contribution in [2.45, 2.75) is 17.5 Å². The molecule has 0 spiro atoms. The molecule has 2 aromatic carbocycles. The molecule has 0 heterocycles. The van der Waals surface area contributed by atoms with E-state index in [-0.39, 0.29) is 6.54 Å². The first kappa shape index (κ1) is 19.5. The molecule has 0 bridgehead atoms. The van der Waals surface area contributed by atoms with Crippen LogP contribution in [-0.2, 0) is 23.4 Å². The highest BCUT2D eigenvalue weighted by Gasteiger charge is 2.34. The van der Waals surface area contributed by atoms with Gasteiger partial charge in [-0.05, 0) is 36.2 Å². The summed E-state index contributed by atoms with van der Waals surface area (Å²) in [6.45, 7) is 0.124. The van der Waals surface area contributed by atoms with Gasteiger partial charge in [-0.15, -0.1) is 0 Å². The molecule has 2 aromatic rings. The van der Waals surface area contributed by atoms with Crippen LogP contribution in [0.15, 0.2) is 47.4 Å². The molecule has 0 aromatic heterocycles. The van der Waals surface area contributed by atoms with E-state index >= 15 is 0 Å². The second-order valence-corrected chi connectivity index (χ2v) is 7.04. The minimum absolute atomic E-state index is 0.124. The molecular weight excluding hydrogens is 375 g/mol. The number of alkyl halides is 3. The first-order chi connectivity index (χ1) is 11.7. The van der Waals surface area contributed by atoms with Crippen molar-refractivity contribution in [2.75, 3.05) is 12.8 Å². The number of carbonyl (C=O) groups excluding carboxylic acids is 1. The molecule has 25 heavy (non-hydrogen) atoms. The number of nitrogens with one attached hydrogen (secondary N) is 1. The lowest BCUT2D eigenvalue weighted by molar-refractivity contribution is -0.137. The summed E-state index contributed by atoms with van der Waals surface area (Å²) in [6, 6.07) is 9.55. The molecule has 1 atom stereocenters. The van der Waals surface area contributed by atoms with E-state index < -0.39 is 34.0 Å². The predicted octanol–water partition coefficient (Wildman–Crippen LogP) is 4.07. The van der Waals surface area contributed by atoms with E-state index in [2.05, 4.69) is 5.32 Å². The second-order valence-electron chi connectivity index (χ2n) is 5.26. The second kappa shape index (κ2) is 8.01. The Balaban J connectivity index is 2.04. The minimum Gasteiger partial charge on any atom is -0.352 e. The third-order valence-electron chi connectivity index (χ3n) is 3.51. The molecule has 0 radical (unpaired) electrons. The Morgan fingerprint density at radius 3 is 2.48 bits per heavy atom. The van der Waals surface area contributed by atoms with Gasteiger partial charge in [-0.3, -0.25) is 9.00 Å². The zero-order chi connectivity index (χ0) is 18.6. The van der Waals surface area contributed by atoms with E-state index in [4.69, 9.17) is 11.6 Å². The SMILES string of the molecule is CS(=O)c1ccc(CCNC(=O)c2ccccc2C(F)(F)F)c(Cl)c1. The fraction of sp³-hybridized carbons (Fsp3) is 0.235. The Labute approximate surface area is 150 Å². The Hall–Kier alpha value is -1.86. The van der Waals surface area contributed by atoms with Gasteiger partial charge in [0, 0.05) is 33.5 Å². The van der Waals surface area contributed by atoms with Gasteiger partial charge in [0.05, 0.1) is 11.1 Å². The average Bonchev–Trinajstić information content (AvgIpc) is 2.55. The van der Waals surface area contributed by atoms with Crippen molar-refractivity contribution in [1.29, 1.82) is 0 Å². The maximum absolute atomic E-state index is 12.9. The van der Waals surface area contributed by atoms with Gasteiger partial charge in [0.2, 0.25) is 0 Å². The zero-order valence-corrected chi connectivity index (χ0v) is 14.8. The summed E-state index contributed by atoms with van der Waals surface area (Å²) in [4.78, 5) is 12.6. The van der Waals surface area contributed by atoms with Crippen LogP contribution in [0.25, 0.3) is 0 Å². The highest BCUT2D eigenvalue weighted by atomic mass is 35.5. The molecule has 1 amide bonds. The van der Waals surface area contributed by atoms with Crippen molar-refractivity contribution in [2.24, 2.45) is 0 Å². The summed E-state index contributed by atoms with van der Waals surface area (Å²) in [6.07, 6.45) is -2.72. The van der Waals surface area contributed by atoms with E-state index in [1.54, 1.807) is 18.2 Å². The van der Waals surface area contributed by atoms with Gasteiger partial charge in [0.25, 0.3) is 5.91 Å². The first-order valence-corrected chi connectivity index (χ1v) is 9.20. The molecule has 134 valence electrons. The van der Waals surface area contributed by atoms with Crippen molar-refractivity contribution >= 4 is 28.3 Å². The largest absolute Gasteiger partial charge is 0.417 e. The van der Waals surface area contributed by atoms with Gasteiger partial charge in [0.15, 0.2) is 0 Å². The molecule has 0 aliphatic carbocycles. The topological polar surface area (TPSA) is 46.2 Å². The molecule has 0 aliphatic rings. The van der Waals surface area contributed by atoms with Crippen LogP contribution in [0.5, 0.6) is 0 Å². The maximum atomic E-state index is 12.9. The van der Waals surface area contributed by atoms with E-state index in [9.17, 15) is 22.2 Å². The van der Waals surface area contributed by atoms with Crippen LogP contribution in [0.1, 0.15) is 21.5 Å². The molecule has 0 saturated heterocycles. The average molecular weight is 390 g/mol. The lowest BCUT2D eigenvalue weighted by Crippen LogP contribution is -2.28. The Morgan fingerprint density at radius 1 is 1.20 bits per heavy atom. The van der Waals surface area contributed by atoms with Gasteiger partial charge in [-0.2, -0.15) is 13.2 Å². The summed E-state index contributed by atoms with van der Waals surface area (Å²) >= 11 is 6.09. The molecular formula is C17H15ClF3NO2S.